The summed E-state index contributed by atoms with van der Waals surface area (Å²) in [7, 11) is -0.320. The molecule has 35 heavy (non-hydrogen) atoms. The van der Waals surface area contributed by atoms with Gasteiger partial charge in [-0.25, -0.2) is 4.98 Å². The third-order valence-corrected chi connectivity index (χ3v) is 9.77. The van der Waals surface area contributed by atoms with Gasteiger partial charge in [-0.3, -0.25) is 0 Å². The number of hydrogen-bond acceptors (Lipinski definition) is 5. The van der Waals surface area contributed by atoms with E-state index in [1.165, 1.54) is 36.8 Å². The van der Waals surface area contributed by atoms with Crippen molar-refractivity contribution in [2.75, 3.05) is 0 Å². The Bertz CT molecular complexity index is 1160. The third-order valence-electron chi connectivity index (χ3n) is 9.02. The molecule has 2 heterocycles. The molecule has 3 aliphatic rings. The number of rotatable bonds is 6. The van der Waals surface area contributed by atoms with E-state index in [9.17, 15) is 0 Å². The maximum Gasteiger partial charge on any atom is 0.494 e. The number of thiazole rings is 1. The van der Waals surface area contributed by atoms with Crippen LogP contribution in [0, 0.1) is 11.8 Å². The van der Waals surface area contributed by atoms with E-state index >= 15 is 0 Å². The van der Waals surface area contributed by atoms with Gasteiger partial charge in [-0.15, -0.1) is 11.3 Å². The van der Waals surface area contributed by atoms with E-state index in [0.717, 1.165) is 22.1 Å². The predicted octanol–water partition coefficient (Wildman–Crippen LogP) is 6.13. The van der Waals surface area contributed by atoms with Crippen molar-refractivity contribution in [3.05, 3.63) is 76.2 Å². The summed E-state index contributed by atoms with van der Waals surface area (Å²) in [6.45, 7) is 8.95. The van der Waals surface area contributed by atoms with Gasteiger partial charge < -0.3 is 14.0 Å². The van der Waals surface area contributed by atoms with E-state index in [1.807, 2.05) is 11.6 Å². The van der Waals surface area contributed by atoms with Gasteiger partial charge in [-0.2, -0.15) is 0 Å². The minimum Gasteiger partial charge on any atom is -0.486 e. The zero-order valence-corrected chi connectivity index (χ0v) is 21.9. The maximum absolute atomic E-state index is 6.30. The van der Waals surface area contributed by atoms with E-state index in [1.54, 1.807) is 11.3 Å². The molecule has 1 aliphatic heterocycles. The van der Waals surface area contributed by atoms with Gasteiger partial charge in [-0.05, 0) is 87.5 Å². The van der Waals surface area contributed by atoms with Gasteiger partial charge in [0.05, 0.1) is 11.2 Å². The molecule has 3 aromatic rings. The fourth-order valence-electron chi connectivity index (χ4n) is 6.44. The van der Waals surface area contributed by atoms with Crippen LogP contribution in [0.1, 0.15) is 69.5 Å². The topological polar surface area (TPSA) is 40.6 Å². The molecule has 6 rings (SSSR count). The quantitative estimate of drug-likeness (QED) is 0.393. The highest BCUT2D eigenvalue weighted by atomic mass is 32.1. The van der Waals surface area contributed by atoms with Crippen LogP contribution < -0.4 is 10.2 Å². The summed E-state index contributed by atoms with van der Waals surface area (Å²) in [5.74, 6) is 2.42. The molecule has 0 N–H and O–H groups in total. The lowest BCUT2D eigenvalue weighted by molar-refractivity contribution is 0.00578. The van der Waals surface area contributed by atoms with Crippen LogP contribution in [-0.2, 0) is 21.3 Å². The molecule has 0 amide bonds. The van der Waals surface area contributed by atoms with Gasteiger partial charge in [-0.1, -0.05) is 42.8 Å². The van der Waals surface area contributed by atoms with Crippen molar-refractivity contribution in [3.63, 3.8) is 0 Å². The number of aromatic nitrogens is 1. The molecule has 6 heteroatoms. The van der Waals surface area contributed by atoms with E-state index in [-0.39, 0.29) is 23.7 Å². The third kappa shape index (κ3) is 3.94. The Morgan fingerprint density at radius 1 is 0.943 bits per heavy atom. The first-order valence-electron chi connectivity index (χ1n) is 12.8. The molecule has 0 radical (unpaired) electrons. The molecule has 2 aliphatic carbocycles. The molecule has 3 atom stereocenters. The lowest BCUT2D eigenvalue weighted by Gasteiger charge is -2.39. The second-order valence-corrected chi connectivity index (χ2v) is 12.5. The highest BCUT2D eigenvalue weighted by molar-refractivity contribution is 7.09. The molecule has 3 unspecified atom stereocenters. The van der Waals surface area contributed by atoms with Crippen molar-refractivity contribution in [2.45, 2.75) is 76.6 Å². The standard InChI is InChI=1S/C29H34BNO3S/c1-27(2)28(3,4)34-30(33-27)24-11-7-21(8-12-24)29(18-20-5-6-23(29)17-20)22-9-13-25(14-10-22)32-19-26-31-15-16-35-26/h7-16,20,23H,5-6,17-19H2,1-4H3. The van der Waals surface area contributed by atoms with Crippen LogP contribution in [-0.4, -0.2) is 23.3 Å². The van der Waals surface area contributed by atoms with Gasteiger partial charge in [0.2, 0.25) is 0 Å². The van der Waals surface area contributed by atoms with E-state index in [4.69, 9.17) is 14.0 Å². The lowest BCUT2D eigenvalue weighted by Crippen LogP contribution is -2.41. The maximum atomic E-state index is 6.30. The van der Waals surface area contributed by atoms with Crippen molar-refractivity contribution in [1.29, 1.82) is 0 Å². The van der Waals surface area contributed by atoms with Gasteiger partial charge in [0.25, 0.3) is 0 Å². The van der Waals surface area contributed by atoms with Crippen molar-refractivity contribution in [1.82, 2.24) is 4.98 Å². The van der Waals surface area contributed by atoms with Crippen LogP contribution in [0.4, 0.5) is 0 Å². The zero-order valence-electron chi connectivity index (χ0n) is 21.1. The first-order chi connectivity index (χ1) is 16.8. The van der Waals surface area contributed by atoms with E-state index in [2.05, 4.69) is 81.2 Å². The average Bonchev–Trinajstić information content (AvgIpc) is 3.63. The number of nitrogens with zero attached hydrogens (tertiary/aromatic N) is 1. The van der Waals surface area contributed by atoms with Crippen LogP contribution in [0.5, 0.6) is 5.75 Å². The minimum absolute atomic E-state index is 0.0746. The first-order valence-corrected chi connectivity index (χ1v) is 13.7. The molecule has 3 fully saturated rings. The fraction of sp³-hybridized carbons (Fsp3) is 0.483. The molecule has 2 bridgehead atoms. The summed E-state index contributed by atoms with van der Waals surface area (Å²) >= 11 is 1.63. The lowest BCUT2D eigenvalue weighted by atomic mass is 9.63. The van der Waals surface area contributed by atoms with Crippen molar-refractivity contribution < 1.29 is 14.0 Å². The van der Waals surface area contributed by atoms with Crippen LogP contribution in [0.2, 0.25) is 0 Å². The Kier molecular flexibility index (Phi) is 5.63. The summed E-state index contributed by atoms with van der Waals surface area (Å²) < 4.78 is 18.6. The highest BCUT2D eigenvalue weighted by Gasteiger charge is 2.54. The Morgan fingerprint density at radius 2 is 1.60 bits per heavy atom. The average molecular weight is 487 g/mol. The zero-order chi connectivity index (χ0) is 24.3. The molecule has 1 saturated heterocycles. The molecule has 182 valence electrons. The van der Waals surface area contributed by atoms with Gasteiger partial charge in [0.1, 0.15) is 17.4 Å². The van der Waals surface area contributed by atoms with Crippen molar-refractivity contribution in [3.8, 4) is 5.75 Å². The second kappa shape index (κ2) is 8.46. The summed E-state index contributed by atoms with van der Waals surface area (Å²) in [5.41, 5.74) is 3.34. The number of benzene rings is 2. The molecule has 1 aromatic heterocycles. The first kappa shape index (κ1) is 23.3. The Morgan fingerprint density at radius 3 is 2.14 bits per heavy atom. The number of fused-ring (bicyclic) bond motifs is 2. The van der Waals surface area contributed by atoms with Gasteiger partial charge >= 0.3 is 7.12 Å². The number of ether oxygens (including phenoxy) is 1. The Balaban J connectivity index is 1.27. The SMILES string of the molecule is CC1(C)OB(c2ccc(C3(c4ccc(OCc5nccs5)cc4)CC4CCC3C4)cc2)OC1(C)C. The molecular weight excluding hydrogens is 453 g/mol. The minimum atomic E-state index is -0.328. The van der Waals surface area contributed by atoms with Gasteiger partial charge in [0, 0.05) is 17.0 Å². The summed E-state index contributed by atoms with van der Waals surface area (Å²) in [6.07, 6.45) is 7.07. The largest absolute Gasteiger partial charge is 0.494 e. The molecular formula is C29H34BNO3S. The second-order valence-electron chi connectivity index (χ2n) is 11.5. The number of hydrogen-bond donors (Lipinski definition) is 0. The summed E-state index contributed by atoms with van der Waals surface area (Å²) in [6, 6.07) is 17.9. The Hall–Kier alpha value is -2.15. The van der Waals surface area contributed by atoms with E-state index in [0.29, 0.717) is 12.5 Å². The molecule has 0 spiro atoms. The Labute approximate surface area is 213 Å². The summed E-state index contributed by atoms with van der Waals surface area (Å²) in [5, 5.41) is 2.99. The smallest absolute Gasteiger partial charge is 0.486 e. The molecule has 2 saturated carbocycles. The molecule has 4 nitrogen and oxygen atoms in total. The normalized spacial score (nSPS) is 28.5. The van der Waals surface area contributed by atoms with E-state index < -0.39 is 0 Å². The van der Waals surface area contributed by atoms with Crippen molar-refractivity contribution >= 4 is 23.9 Å². The van der Waals surface area contributed by atoms with Crippen LogP contribution >= 0.6 is 11.3 Å². The van der Waals surface area contributed by atoms with Crippen LogP contribution in [0.25, 0.3) is 0 Å². The fourth-order valence-corrected chi connectivity index (χ4v) is 6.97. The van der Waals surface area contributed by atoms with Gasteiger partial charge in [0.15, 0.2) is 0 Å². The summed E-state index contributed by atoms with van der Waals surface area (Å²) in [4.78, 5) is 4.32. The predicted molar refractivity (Wildman–Crippen MR) is 141 cm³/mol. The molecule has 2 aromatic carbocycles. The van der Waals surface area contributed by atoms with Crippen LogP contribution in [0.3, 0.4) is 0 Å². The highest BCUT2D eigenvalue weighted by Crippen LogP contribution is 2.60. The van der Waals surface area contributed by atoms with Crippen LogP contribution in [0.15, 0.2) is 60.1 Å². The van der Waals surface area contributed by atoms with Crippen molar-refractivity contribution in [2.24, 2.45) is 11.8 Å². The monoisotopic (exact) mass is 487 g/mol.